The number of para-hydroxylation sites is 1. The Bertz CT molecular complexity index is 973. The summed E-state index contributed by atoms with van der Waals surface area (Å²) < 4.78 is 8.04. The van der Waals surface area contributed by atoms with Crippen LogP contribution in [0, 0.1) is 0 Å². The van der Waals surface area contributed by atoms with Gasteiger partial charge in [-0.2, -0.15) is 0 Å². The molecule has 4 rings (SSSR count). The SMILES string of the molecule is CC1Oc2ccccc2/C(=N/OCc2ccc(Cl)cc2Cl)C1n1ccnc1. The molecule has 5 nitrogen and oxygen atoms in total. The predicted octanol–water partition coefficient (Wildman–Crippen LogP) is 5.13. The Kier molecular flexibility index (Phi) is 5.05. The van der Waals surface area contributed by atoms with Gasteiger partial charge in [-0.15, -0.1) is 0 Å². The van der Waals surface area contributed by atoms with Crippen molar-refractivity contribution in [3.05, 3.63) is 82.4 Å². The molecule has 0 fully saturated rings. The summed E-state index contributed by atoms with van der Waals surface area (Å²) in [4.78, 5) is 9.84. The van der Waals surface area contributed by atoms with Crippen LogP contribution in [0.1, 0.15) is 24.1 Å². The van der Waals surface area contributed by atoms with E-state index in [2.05, 4.69) is 10.1 Å². The molecule has 7 heteroatoms. The summed E-state index contributed by atoms with van der Waals surface area (Å²) in [6.07, 6.45) is 5.25. The van der Waals surface area contributed by atoms with Gasteiger partial charge in [0, 0.05) is 33.6 Å². The van der Waals surface area contributed by atoms with Crippen molar-refractivity contribution in [3.8, 4) is 5.75 Å². The number of hydrogen-bond donors (Lipinski definition) is 0. The molecule has 3 aromatic rings. The van der Waals surface area contributed by atoms with Crippen LogP contribution >= 0.6 is 23.2 Å². The number of nitrogens with zero attached hydrogens (tertiary/aromatic N) is 3. The highest BCUT2D eigenvalue weighted by molar-refractivity contribution is 6.35. The lowest BCUT2D eigenvalue weighted by Crippen LogP contribution is -2.37. The van der Waals surface area contributed by atoms with E-state index in [1.54, 1.807) is 24.7 Å². The van der Waals surface area contributed by atoms with Crippen LogP contribution in [-0.2, 0) is 11.4 Å². The van der Waals surface area contributed by atoms with E-state index >= 15 is 0 Å². The molecule has 0 N–H and O–H groups in total. The molecule has 1 aliphatic rings. The van der Waals surface area contributed by atoms with Crippen LogP contribution in [0.2, 0.25) is 10.0 Å². The van der Waals surface area contributed by atoms with Gasteiger partial charge in [-0.3, -0.25) is 0 Å². The summed E-state index contributed by atoms with van der Waals surface area (Å²) in [5.41, 5.74) is 2.50. The van der Waals surface area contributed by atoms with Crippen molar-refractivity contribution in [1.82, 2.24) is 9.55 Å². The zero-order valence-electron chi connectivity index (χ0n) is 14.5. The Morgan fingerprint density at radius 1 is 1.22 bits per heavy atom. The lowest BCUT2D eigenvalue weighted by molar-refractivity contribution is 0.122. The molecule has 2 heterocycles. The lowest BCUT2D eigenvalue weighted by atomic mass is 9.95. The molecule has 0 aliphatic carbocycles. The highest BCUT2D eigenvalue weighted by Crippen LogP contribution is 2.34. The van der Waals surface area contributed by atoms with Gasteiger partial charge in [0.2, 0.25) is 0 Å². The van der Waals surface area contributed by atoms with Gasteiger partial charge in [0.15, 0.2) is 0 Å². The van der Waals surface area contributed by atoms with Gasteiger partial charge in [-0.1, -0.05) is 46.6 Å². The summed E-state index contributed by atoms with van der Waals surface area (Å²) in [5.74, 6) is 0.785. The highest BCUT2D eigenvalue weighted by atomic mass is 35.5. The molecule has 2 unspecified atom stereocenters. The summed E-state index contributed by atoms with van der Waals surface area (Å²) in [7, 11) is 0. The second-order valence-electron chi connectivity index (χ2n) is 6.26. The number of imidazole rings is 1. The molecule has 0 spiro atoms. The van der Waals surface area contributed by atoms with Crippen molar-refractivity contribution < 1.29 is 9.57 Å². The average molecular weight is 402 g/mol. The highest BCUT2D eigenvalue weighted by Gasteiger charge is 2.34. The van der Waals surface area contributed by atoms with Crippen molar-refractivity contribution in [2.45, 2.75) is 25.7 Å². The fraction of sp³-hybridized carbons (Fsp3) is 0.200. The van der Waals surface area contributed by atoms with Gasteiger partial charge in [-0.05, 0) is 31.2 Å². The maximum absolute atomic E-state index is 6.22. The van der Waals surface area contributed by atoms with Gasteiger partial charge >= 0.3 is 0 Å². The molecule has 0 radical (unpaired) electrons. The van der Waals surface area contributed by atoms with Crippen LogP contribution in [0.25, 0.3) is 0 Å². The van der Waals surface area contributed by atoms with Crippen molar-refractivity contribution >= 4 is 28.9 Å². The number of hydrogen-bond acceptors (Lipinski definition) is 4. The number of ether oxygens (including phenoxy) is 1. The Morgan fingerprint density at radius 2 is 2.07 bits per heavy atom. The van der Waals surface area contributed by atoms with Crippen LogP contribution < -0.4 is 4.74 Å². The minimum atomic E-state index is -0.150. The third kappa shape index (κ3) is 3.66. The molecule has 1 aliphatic heterocycles. The van der Waals surface area contributed by atoms with Gasteiger partial charge in [-0.25, -0.2) is 4.98 Å². The quantitative estimate of drug-likeness (QED) is 0.569. The summed E-state index contributed by atoms with van der Waals surface area (Å²) >= 11 is 12.2. The third-order valence-corrected chi connectivity index (χ3v) is 5.03. The van der Waals surface area contributed by atoms with Gasteiger partial charge < -0.3 is 14.1 Å². The van der Waals surface area contributed by atoms with Crippen molar-refractivity contribution in [1.29, 1.82) is 0 Å². The predicted molar refractivity (Wildman–Crippen MR) is 106 cm³/mol. The van der Waals surface area contributed by atoms with E-state index in [9.17, 15) is 0 Å². The summed E-state index contributed by atoms with van der Waals surface area (Å²) in [6.45, 7) is 2.25. The first-order chi connectivity index (χ1) is 13.1. The van der Waals surface area contributed by atoms with Gasteiger partial charge in [0.1, 0.15) is 30.2 Å². The fourth-order valence-corrected chi connectivity index (χ4v) is 3.62. The Morgan fingerprint density at radius 3 is 2.85 bits per heavy atom. The molecular formula is C20H17Cl2N3O2. The van der Waals surface area contributed by atoms with E-state index in [1.165, 1.54) is 0 Å². The topological polar surface area (TPSA) is 48.6 Å². The Labute approximate surface area is 167 Å². The fourth-order valence-electron chi connectivity index (χ4n) is 3.16. The lowest BCUT2D eigenvalue weighted by Gasteiger charge is -2.33. The van der Waals surface area contributed by atoms with Crippen LogP contribution in [0.4, 0.5) is 0 Å². The molecule has 0 saturated heterocycles. The van der Waals surface area contributed by atoms with E-state index in [0.29, 0.717) is 10.0 Å². The first kappa shape index (κ1) is 17.9. The zero-order chi connectivity index (χ0) is 18.8. The van der Waals surface area contributed by atoms with Crippen molar-refractivity contribution in [2.24, 2.45) is 5.16 Å². The van der Waals surface area contributed by atoms with Crippen LogP contribution in [0.3, 0.4) is 0 Å². The number of oxime groups is 1. The normalized spacial score (nSPS) is 20.2. The maximum atomic E-state index is 6.22. The second-order valence-corrected chi connectivity index (χ2v) is 7.10. The Hall–Kier alpha value is -2.50. The molecule has 2 aromatic carbocycles. The van der Waals surface area contributed by atoms with Crippen LogP contribution in [0.15, 0.2) is 66.3 Å². The molecule has 0 bridgehead atoms. The third-order valence-electron chi connectivity index (χ3n) is 4.44. The Balaban J connectivity index is 1.66. The van der Waals surface area contributed by atoms with Crippen molar-refractivity contribution in [2.75, 3.05) is 0 Å². The number of rotatable bonds is 4. The molecule has 27 heavy (non-hydrogen) atoms. The minimum absolute atomic E-state index is 0.129. The zero-order valence-corrected chi connectivity index (χ0v) is 16.1. The molecule has 0 amide bonds. The molecule has 1 aromatic heterocycles. The minimum Gasteiger partial charge on any atom is -0.487 e. The van der Waals surface area contributed by atoms with E-state index in [1.807, 2.05) is 48.0 Å². The summed E-state index contributed by atoms with van der Waals surface area (Å²) in [6, 6.07) is 12.9. The molecule has 2 atom stereocenters. The van der Waals surface area contributed by atoms with E-state index in [-0.39, 0.29) is 18.8 Å². The number of aromatic nitrogens is 2. The van der Waals surface area contributed by atoms with E-state index in [0.717, 1.165) is 22.6 Å². The average Bonchev–Trinajstić information content (AvgIpc) is 3.17. The molecule has 138 valence electrons. The van der Waals surface area contributed by atoms with Crippen LogP contribution in [0.5, 0.6) is 5.75 Å². The van der Waals surface area contributed by atoms with Crippen LogP contribution in [-0.4, -0.2) is 21.4 Å². The number of benzene rings is 2. The monoisotopic (exact) mass is 401 g/mol. The van der Waals surface area contributed by atoms with E-state index < -0.39 is 0 Å². The van der Waals surface area contributed by atoms with E-state index in [4.69, 9.17) is 32.8 Å². The van der Waals surface area contributed by atoms with Crippen molar-refractivity contribution in [3.63, 3.8) is 0 Å². The molecular weight excluding hydrogens is 385 g/mol. The maximum Gasteiger partial charge on any atom is 0.143 e. The first-order valence-corrected chi connectivity index (χ1v) is 9.26. The standard InChI is InChI=1S/C20H17Cl2N3O2/c1-13-20(25-9-8-23-12-25)19(16-4-2-3-5-18(16)27-13)24-26-11-14-6-7-15(21)10-17(14)22/h2-10,12-13,20H,11H2,1H3/b24-19-. The second kappa shape index (κ2) is 7.62. The summed E-state index contributed by atoms with van der Waals surface area (Å²) in [5, 5.41) is 5.60. The number of halogens is 2. The van der Waals surface area contributed by atoms with Gasteiger partial charge in [0.25, 0.3) is 0 Å². The van der Waals surface area contributed by atoms with Gasteiger partial charge in [0.05, 0.1) is 6.33 Å². The first-order valence-electron chi connectivity index (χ1n) is 8.51. The largest absolute Gasteiger partial charge is 0.487 e. The smallest absolute Gasteiger partial charge is 0.143 e. The number of fused-ring (bicyclic) bond motifs is 1. The molecule has 0 saturated carbocycles.